The predicted molar refractivity (Wildman–Crippen MR) is 66.7 cm³/mol. The Kier molecular flexibility index (Phi) is 4.54. The Hall–Kier alpha value is -0.830. The molecule has 3 nitrogen and oxygen atoms in total. The lowest BCUT2D eigenvalue weighted by Gasteiger charge is -2.20. The molecule has 0 radical (unpaired) electrons. The monoisotopic (exact) mass is 224 g/mol. The van der Waals surface area contributed by atoms with Crippen LogP contribution in [0.3, 0.4) is 0 Å². The van der Waals surface area contributed by atoms with Crippen molar-refractivity contribution in [3.8, 4) is 0 Å². The highest BCUT2D eigenvalue weighted by atomic mass is 16.4. The lowest BCUT2D eigenvalue weighted by molar-refractivity contribution is 0.402. The van der Waals surface area contributed by atoms with Crippen molar-refractivity contribution < 1.29 is 4.42 Å². The van der Waals surface area contributed by atoms with Gasteiger partial charge in [0.1, 0.15) is 5.76 Å². The zero-order valence-corrected chi connectivity index (χ0v) is 11.1. The Morgan fingerprint density at radius 2 is 2.06 bits per heavy atom. The van der Waals surface area contributed by atoms with Gasteiger partial charge in [-0.15, -0.1) is 0 Å². The van der Waals surface area contributed by atoms with Gasteiger partial charge >= 0.3 is 0 Å². The van der Waals surface area contributed by atoms with E-state index in [0.717, 1.165) is 31.0 Å². The molecule has 0 bridgehead atoms. The fourth-order valence-electron chi connectivity index (χ4n) is 1.41. The summed E-state index contributed by atoms with van der Waals surface area (Å²) in [6.07, 6.45) is 3.82. The molecule has 1 heterocycles. The maximum Gasteiger partial charge on any atom is 0.194 e. The van der Waals surface area contributed by atoms with Crippen molar-refractivity contribution in [3.05, 3.63) is 17.8 Å². The average Bonchev–Trinajstić information content (AvgIpc) is 2.59. The van der Waals surface area contributed by atoms with E-state index in [1.165, 1.54) is 0 Å². The molecule has 0 atom stereocenters. The molecule has 16 heavy (non-hydrogen) atoms. The van der Waals surface area contributed by atoms with Crippen LogP contribution in [0, 0.1) is 0 Å². The summed E-state index contributed by atoms with van der Waals surface area (Å²) in [6.45, 7) is 11.8. The summed E-state index contributed by atoms with van der Waals surface area (Å²) in [5.74, 6) is 2.27. The molecule has 0 aliphatic rings. The van der Waals surface area contributed by atoms with E-state index in [-0.39, 0.29) is 5.54 Å². The van der Waals surface area contributed by atoms with Crippen molar-refractivity contribution in [1.82, 2.24) is 10.3 Å². The number of oxazole rings is 1. The molecular formula is C13H24N2O. The third-order valence-corrected chi connectivity index (χ3v) is 2.36. The van der Waals surface area contributed by atoms with Crippen LogP contribution in [0.1, 0.15) is 58.6 Å². The van der Waals surface area contributed by atoms with Crippen LogP contribution in [0.25, 0.3) is 0 Å². The molecule has 0 aliphatic heterocycles. The topological polar surface area (TPSA) is 38.1 Å². The molecule has 1 N–H and O–H groups in total. The van der Waals surface area contributed by atoms with Crippen LogP contribution in [0.15, 0.2) is 10.6 Å². The molecule has 1 aromatic rings. The van der Waals surface area contributed by atoms with E-state index in [4.69, 9.17) is 4.42 Å². The van der Waals surface area contributed by atoms with Crippen molar-refractivity contribution in [2.75, 3.05) is 6.54 Å². The number of rotatable bonds is 5. The average molecular weight is 224 g/mol. The summed E-state index contributed by atoms with van der Waals surface area (Å²) < 4.78 is 5.64. The quantitative estimate of drug-likeness (QED) is 0.781. The highest BCUT2D eigenvalue weighted by molar-refractivity contribution is 4.99. The third kappa shape index (κ3) is 4.79. The first kappa shape index (κ1) is 13.2. The molecule has 0 saturated heterocycles. The van der Waals surface area contributed by atoms with Gasteiger partial charge in [-0.3, -0.25) is 0 Å². The first-order valence-electron chi connectivity index (χ1n) is 6.08. The van der Waals surface area contributed by atoms with Crippen molar-refractivity contribution in [1.29, 1.82) is 0 Å². The van der Waals surface area contributed by atoms with Gasteiger partial charge in [-0.25, -0.2) is 4.98 Å². The predicted octanol–water partition coefficient (Wildman–Crippen LogP) is 3.12. The van der Waals surface area contributed by atoms with Crippen LogP contribution >= 0.6 is 0 Å². The summed E-state index contributed by atoms with van der Waals surface area (Å²) in [5, 5.41) is 3.45. The minimum atomic E-state index is 0.194. The van der Waals surface area contributed by atoms with Crippen LogP contribution in [0.5, 0.6) is 0 Å². The molecule has 0 amide bonds. The second-order valence-corrected chi connectivity index (χ2v) is 5.59. The fourth-order valence-corrected chi connectivity index (χ4v) is 1.41. The van der Waals surface area contributed by atoms with Crippen LogP contribution in [-0.2, 0) is 6.42 Å². The maximum absolute atomic E-state index is 5.64. The van der Waals surface area contributed by atoms with E-state index in [1.54, 1.807) is 0 Å². The van der Waals surface area contributed by atoms with Crippen molar-refractivity contribution >= 4 is 0 Å². The van der Waals surface area contributed by atoms with Gasteiger partial charge in [-0.2, -0.15) is 0 Å². The molecule has 0 fully saturated rings. The van der Waals surface area contributed by atoms with Gasteiger partial charge in [0, 0.05) is 17.9 Å². The summed E-state index contributed by atoms with van der Waals surface area (Å²) in [7, 11) is 0. The standard InChI is InChI=1S/C13H24N2O/c1-10(2)11-9-14-12(16-11)7-6-8-15-13(3,4)5/h9-10,15H,6-8H2,1-5H3. The Balaban J connectivity index is 2.27. The number of aromatic nitrogens is 1. The molecule has 1 aromatic heterocycles. The third-order valence-electron chi connectivity index (χ3n) is 2.36. The Labute approximate surface area is 98.6 Å². The molecular weight excluding hydrogens is 200 g/mol. The minimum Gasteiger partial charge on any atom is -0.445 e. The summed E-state index contributed by atoms with van der Waals surface area (Å²) in [4.78, 5) is 4.28. The highest BCUT2D eigenvalue weighted by Crippen LogP contribution is 2.15. The molecule has 0 saturated carbocycles. The summed E-state index contributed by atoms with van der Waals surface area (Å²) >= 11 is 0. The Morgan fingerprint density at radius 3 is 2.56 bits per heavy atom. The molecule has 1 rings (SSSR count). The minimum absolute atomic E-state index is 0.194. The molecule has 0 aliphatic carbocycles. The van der Waals surface area contributed by atoms with Gasteiger partial charge in [0.15, 0.2) is 5.89 Å². The van der Waals surface area contributed by atoms with Crippen LogP contribution < -0.4 is 5.32 Å². The van der Waals surface area contributed by atoms with Gasteiger partial charge in [0.2, 0.25) is 0 Å². The normalized spacial score (nSPS) is 12.4. The lowest BCUT2D eigenvalue weighted by Crippen LogP contribution is -2.36. The van der Waals surface area contributed by atoms with E-state index >= 15 is 0 Å². The first-order valence-corrected chi connectivity index (χ1v) is 6.08. The number of nitrogens with zero attached hydrogens (tertiary/aromatic N) is 1. The van der Waals surface area contributed by atoms with Gasteiger partial charge in [0.05, 0.1) is 6.20 Å². The van der Waals surface area contributed by atoms with Gasteiger partial charge in [-0.05, 0) is 33.7 Å². The zero-order chi connectivity index (χ0) is 12.2. The number of hydrogen-bond donors (Lipinski definition) is 1. The van der Waals surface area contributed by atoms with E-state index < -0.39 is 0 Å². The van der Waals surface area contributed by atoms with Crippen LogP contribution in [0.2, 0.25) is 0 Å². The Bertz CT molecular complexity index is 310. The van der Waals surface area contributed by atoms with Gasteiger partial charge in [0.25, 0.3) is 0 Å². The number of aryl methyl sites for hydroxylation is 1. The van der Waals surface area contributed by atoms with E-state index in [1.807, 2.05) is 6.20 Å². The van der Waals surface area contributed by atoms with E-state index in [9.17, 15) is 0 Å². The van der Waals surface area contributed by atoms with Crippen molar-refractivity contribution in [2.24, 2.45) is 0 Å². The second kappa shape index (κ2) is 5.48. The van der Waals surface area contributed by atoms with E-state index in [2.05, 4.69) is 44.9 Å². The molecule has 0 aromatic carbocycles. The smallest absolute Gasteiger partial charge is 0.194 e. The number of nitrogens with one attached hydrogen (secondary N) is 1. The van der Waals surface area contributed by atoms with Gasteiger partial charge < -0.3 is 9.73 Å². The molecule has 92 valence electrons. The SMILES string of the molecule is CC(C)c1cnc(CCCNC(C)(C)C)o1. The summed E-state index contributed by atoms with van der Waals surface area (Å²) in [5.41, 5.74) is 0.194. The van der Waals surface area contributed by atoms with Crippen molar-refractivity contribution in [3.63, 3.8) is 0 Å². The van der Waals surface area contributed by atoms with E-state index in [0.29, 0.717) is 5.92 Å². The molecule has 0 unspecified atom stereocenters. The first-order chi connectivity index (χ1) is 7.38. The molecule has 0 spiro atoms. The molecule has 3 heteroatoms. The van der Waals surface area contributed by atoms with Crippen LogP contribution in [0.4, 0.5) is 0 Å². The Morgan fingerprint density at radius 1 is 1.38 bits per heavy atom. The fraction of sp³-hybridized carbons (Fsp3) is 0.769. The van der Waals surface area contributed by atoms with Crippen molar-refractivity contribution in [2.45, 2.75) is 58.9 Å². The van der Waals surface area contributed by atoms with Gasteiger partial charge in [-0.1, -0.05) is 13.8 Å². The second-order valence-electron chi connectivity index (χ2n) is 5.59. The largest absolute Gasteiger partial charge is 0.445 e. The lowest BCUT2D eigenvalue weighted by atomic mass is 10.1. The number of hydrogen-bond acceptors (Lipinski definition) is 3. The highest BCUT2D eigenvalue weighted by Gasteiger charge is 2.09. The summed E-state index contributed by atoms with van der Waals surface area (Å²) in [6, 6.07) is 0. The van der Waals surface area contributed by atoms with Crippen LogP contribution in [-0.4, -0.2) is 17.1 Å². The maximum atomic E-state index is 5.64. The zero-order valence-electron chi connectivity index (χ0n) is 11.1.